The number of carbonyl (C=O) groups excluding carboxylic acids is 1. The summed E-state index contributed by atoms with van der Waals surface area (Å²) in [5.41, 5.74) is 0.686. The maximum absolute atomic E-state index is 12.8. The van der Waals surface area contributed by atoms with Crippen LogP contribution in [-0.4, -0.2) is 15.0 Å². The summed E-state index contributed by atoms with van der Waals surface area (Å²) in [7, 11) is 0. The molecule has 0 saturated carbocycles. The third-order valence-corrected chi connectivity index (χ3v) is 4.89. The van der Waals surface area contributed by atoms with Crippen LogP contribution >= 0.6 is 0 Å². The Kier molecular flexibility index (Phi) is 5.78. The van der Waals surface area contributed by atoms with Crippen molar-refractivity contribution >= 4 is 16.8 Å². The highest BCUT2D eigenvalue weighted by molar-refractivity contribution is 5.81. The van der Waals surface area contributed by atoms with Crippen molar-refractivity contribution in [2.24, 2.45) is 5.92 Å². The van der Waals surface area contributed by atoms with Crippen LogP contribution in [0.15, 0.2) is 64.2 Å². The molecule has 6 nitrogen and oxygen atoms in total. The van der Waals surface area contributed by atoms with Gasteiger partial charge in [-0.1, -0.05) is 56.3 Å². The molecular formula is C22H25N3O3. The van der Waals surface area contributed by atoms with Crippen molar-refractivity contribution in [1.29, 1.82) is 0 Å². The van der Waals surface area contributed by atoms with Gasteiger partial charge in [0.2, 0.25) is 5.91 Å². The molecule has 1 amide bonds. The monoisotopic (exact) mass is 379 g/mol. The summed E-state index contributed by atoms with van der Waals surface area (Å²) in [5, 5.41) is 3.47. The van der Waals surface area contributed by atoms with Crippen molar-refractivity contribution in [3.8, 4) is 0 Å². The quantitative estimate of drug-likeness (QED) is 0.716. The Bertz CT molecular complexity index is 1100. The van der Waals surface area contributed by atoms with Crippen molar-refractivity contribution < 1.29 is 4.79 Å². The highest BCUT2D eigenvalue weighted by atomic mass is 16.2. The van der Waals surface area contributed by atoms with Crippen LogP contribution < -0.4 is 16.6 Å². The predicted octanol–water partition coefficient (Wildman–Crippen LogP) is 2.70. The van der Waals surface area contributed by atoms with E-state index < -0.39 is 5.69 Å². The predicted molar refractivity (Wildman–Crippen MR) is 110 cm³/mol. The normalized spacial score (nSPS) is 12.3. The molecule has 0 unspecified atom stereocenters. The largest absolute Gasteiger partial charge is 0.347 e. The molecule has 1 heterocycles. The molecule has 0 aliphatic carbocycles. The van der Waals surface area contributed by atoms with Crippen LogP contribution in [0.2, 0.25) is 0 Å². The van der Waals surface area contributed by atoms with Crippen LogP contribution in [0.4, 0.5) is 0 Å². The minimum Gasteiger partial charge on any atom is -0.347 e. The summed E-state index contributed by atoms with van der Waals surface area (Å²) in [6.45, 7) is 5.93. The van der Waals surface area contributed by atoms with Gasteiger partial charge in [0.1, 0.15) is 6.54 Å². The van der Waals surface area contributed by atoms with Crippen LogP contribution in [0.5, 0.6) is 0 Å². The highest BCUT2D eigenvalue weighted by Crippen LogP contribution is 2.21. The first kappa shape index (κ1) is 19.6. The maximum Gasteiger partial charge on any atom is 0.331 e. The van der Waals surface area contributed by atoms with E-state index in [4.69, 9.17) is 0 Å². The van der Waals surface area contributed by atoms with Gasteiger partial charge in [-0.05, 0) is 30.5 Å². The van der Waals surface area contributed by atoms with Gasteiger partial charge in [0, 0.05) is 6.54 Å². The van der Waals surface area contributed by atoms with E-state index in [-0.39, 0.29) is 36.5 Å². The second-order valence-electron chi connectivity index (χ2n) is 7.14. The fourth-order valence-corrected chi connectivity index (χ4v) is 3.46. The molecule has 0 aliphatic rings. The third kappa shape index (κ3) is 3.76. The van der Waals surface area contributed by atoms with Gasteiger partial charge in [-0.15, -0.1) is 0 Å². The number of amides is 1. The van der Waals surface area contributed by atoms with Crippen LogP contribution in [0, 0.1) is 5.92 Å². The topological polar surface area (TPSA) is 73.1 Å². The smallest absolute Gasteiger partial charge is 0.331 e. The lowest BCUT2D eigenvalue weighted by atomic mass is 9.96. The average Bonchev–Trinajstić information content (AvgIpc) is 2.70. The van der Waals surface area contributed by atoms with Gasteiger partial charge in [-0.2, -0.15) is 0 Å². The number of benzene rings is 2. The van der Waals surface area contributed by atoms with E-state index in [1.165, 1.54) is 4.57 Å². The molecule has 1 aromatic heterocycles. The van der Waals surface area contributed by atoms with Crippen LogP contribution in [0.1, 0.15) is 32.4 Å². The molecule has 0 bridgehead atoms. The van der Waals surface area contributed by atoms with Gasteiger partial charge in [-0.25, -0.2) is 4.79 Å². The summed E-state index contributed by atoms with van der Waals surface area (Å²) < 4.78 is 2.53. The van der Waals surface area contributed by atoms with Crippen LogP contribution in [0.25, 0.3) is 10.9 Å². The summed E-state index contributed by atoms with van der Waals surface area (Å²) in [6.07, 6.45) is 0. The second-order valence-corrected chi connectivity index (χ2v) is 7.14. The maximum atomic E-state index is 12.8. The second kappa shape index (κ2) is 8.25. The number of rotatable bonds is 6. The number of hydrogen-bond donors (Lipinski definition) is 1. The molecule has 0 aliphatic heterocycles. The Hall–Kier alpha value is -3.15. The Labute approximate surface area is 163 Å². The van der Waals surface area contributed by atoms with Gasteiger partial charge in [-0.3, -0.25) is 18.7 Å². The minimum atomic E-state index is -0.470. The lowest BCUT2D eigenvalue weighted by Gasteiger charge is -2.23. The average molecular weight is 379 g/mol. The first-order chi connectivity index (χ1) is 13.4. The molecule has 0 fully saturated rings. The zero-order chi connectivity index (χ0) is 20.3. The lowest BCUT2D eigenvalue weighted by Crippen LogP contribution is -2.43. The van der Waals surface area contributed by atoms with Crippen molar-refractivity contribution in [2.75, 3.05) is 0 Å². The third-order valence-electron chi connectivity index (χ3n) is 4.89. The summed E-state index contributed by atoms with van der Waals surface area (Å²) in [4.78, 5) is 38.1. The molecular weight excluding hydrogens is 354 g/mol. The Morgan fingerprint density at radius 2 is 1.61 bits per heavy atom. The molecule has 2 aromatic carbocycles. The number of hydrogen-bond acceptors (Lipinski definition) is 3. The van der Waals surface area contributed by atoms with E-state index in [0.717, 1.165) is 10.1 Å². The zero-order valence-electron chi connectivity index (χ0n) is 16.4. The minimum absolute atomic E-state index is 0.143. The summed E-state index contributed by atoms with van der Waals surface area (Å²) in [6, 6.07) is 16.5. The van der Waals surface area contributed by atoms with Crippen molar-refractivity contribution in [2.45, 2.75) is 39.9 Å². The molecule has 3 rings (SSSR count). The number of para-hydroxylation sites is 1. The van der Waals surface area contributed by atoms with E-state index in [0.29, 0.717) is 10.9 Å². The van der Waals surface area contributed by atoms with E-state index >= 15 is 0 Å². The SMILES string of the molecule is CCn1c(=O)c2ccccc2n(CC(=O)N[C@@H](c2ccccc2)C(C)C)c1=O. The van der Waals surface area contributed by atoms with E-state index in [1.807, 2.05) is 44.2 Å². The molecule has 1 atom stereocenters. The number of aromatic nitrogens is 2. The van der Waals surface area contributed by atoms with Crippen LogP contribution in [0.3, 0.4) is 0 Å². The number of carbonyl (C=O) groups is 1. The number of nitrogens with zero attached hydrogens (tertiary/aromatic N) is 2. The lowest BCUT2D eigenvalue weighted by molar-refractivity contribution is -0.122. The fourth-order valence-electron chi connectivity index (χ4n) is 3.46. The number of nitrogens with one attached hydrogen (secondary N) is 1. The first-order valence-corrected chi connectivity index (χ1v) is 9.50. The summed E-state index contributed by atoms with van der Waals surface area (Å²) in [5.74, 6) is -0.0829. The van der Waals surface area contributed by atoms with E-state index in [2.05, 4.69) is 5.32 Å². The summed E-state index contributed by atoms with van der Waals surface area (Å²) >= 11 is 0. The molecule has 3 aromatic rings. The molecule has 0 radical (unpaired) electrons. The molecule has 1 N–H and O–H groups in total. The van der Waals surface area contributed by atoms with Gasteiger partial charge in [0.15, 0.2) is 0 Å². The number of fused-ring (bicyclic) bond motifs is 1. The van der Waals surface area contributed by atoms with Gasteiger partial charge < -0.3 is 5.32 Å². The van der Waals surface area contributed by atoms with E-state index in [1.54, 1.807) is 31.2 Å². The zero-order valence-corrected chi connectivity index (χ0v) is 16.4. The van der Waals surface area contributed by atoms with Crippen molar-refractivity contribution in [3.63, 3.8) is 0 Å². The van der Waals surface area contributed by atoms with Gasteiger partial charge in [0.25, 0.3) is 5.56 Å². The van der Waals surface area contributed by atoms with Gasteiger partial charge >= 0.3 is 5.69 Å². The Morgan fingerprint density at radius 3 is 2.25 bits per heavy atom. The van der Waals surface area contributed by atoms with Crippen LogP contribution in [-0.2, 0) is 17.9 Å². The first-order valence-electron chi connectivity index (χ1n) is 9.50. The molecule has 28 heavy (non-hydrogen) atoms. The highest BCUT2D eigenvalue weighted by Gasteiger charge is 2.20. The molecule has 146 valence electrons. The molecule has 6 heteroatoms. The fraction of sp³-hybridized carbons (Fsp3) is 0.318. The molecule has 0 spiro atoms. The van der Waals surface area contributed by atoms with Crippen molar-refractivity contribution in [1.82, 2.24) is 14.5 Å². The van der Waals surface area contributed by atoms with Crippen molar-refractivity contribution in [3.05, 3.63) is 81.0 Å². The van der Waals surface area contributed by atoms with Gasteiger partial charge in [0.05, 0.1) is 16.9 Å². The Morgan fingerprint density at radius 1 is 0.964 bits per heavy atom. The van der Waals surface area contributed by atoms with E-state index in [9.17, 15) is 14.4 Å². The molecule has 0 saturated heterocycles. The Balaban J connectivity index is 1.97. The standard InChI is InChI=1S/C22H25N3O3/c1-4-24-21(27)17-12-8-9-13-18(17)25(22(24)28)14-19(26)23-20(15(2)3)16-10-6-5-7-11-16/h5-13,15,20H,4,14H2,1-3H3,(H,23,26)/t20-/m1/s1.